The summed E-state index contributed by atoms with van der Waals surface area (Å²) in [6.45, 7) is 2.88. The Morgan fingerprint density at radius 2 is 1.93 bits per heavy atom. The van der Waals surface area contributed by atoms with Gasteiger partial charge in [0.1, 0.15) is 5.41 Å². The van der Waals surface area contributed by atoms with Crippen molar-refractivity contribution in [3.8, 4) is 0 Å². The third-order valence-electron chi connectivity index (χ3n) is 2.66. The first kappa shape index (κ1) is 12.0. The zero-order chi connectivity index (χ0) is 11.6. The Kier molecular flexibility index (Phi) is 3.34. The van der Waals surface area contributed by atoms with Gasteiger partial charge in [-0.2, -0.15) is 0 Å². The van der Waals surface area contributed by atoms with Gasteiger partial charge in [-0.15, -0.1) is 0 Å². The molecule has 0 aliphatic heterocycles. The third-order valence-corrected chi connectivity index (χ3v) is 2.66. The number of carbonyl (C=O) groups is 2. The molecule has 0 aromatic rings. The van der Waals surface area contributed by atoms with Gasteiger partial charge in [0.15, 0.2) is 0 Å². The fourth-order valence-corrected chi connectivity index (χ4v) is 1.39. The first-order valence-corrected chi connectivity index (χ1v) is 5.06. The molecule has 1 aliphatic rings. The Hall–Kier alpha value is -1.10. The molecule has 0 unspecified atom stereocenters. The number of aliphatic hydroxyl groups excluding tert-OH is 1. The van der Waals surface area contributed by atoms with Crippen molar-refractivity contribution in [2.75, 3.05) is 13.2 Å². The van der Waals surface area contributed by atoms with Gasteiger partial charge < -0.3 is 15.1 Å². The second-order valence-corrected chi connectivity index (χ2v) is 4.38. The molecule has 1 aliphatic carbocycles. The van der Waals surface area contributed by atoms with Crippen LogP contribution in [0.4, 0.5) is 0 Å². The molecule has 5 nitrogen and oxygen atoms in total. The maximum atomic E-state index is 11.9. The Bertz CT molecular complexity index is 271. The SMILES string of the molecule is CC(C)(C(=O)O)C(=O)N(CCO)C1CC1. The van der Waals surface area contributed by atoms with Crippen LogP contribution in [-0.4, -0.2) is 46.2 Å². The van der Waals surface area contributed by atoms with Gasteiger partial charge in [-0.25, -0.2) is 0 Å². The molecule has 0 radical (unpaired) electrons. The molecule has 1 fully saturated rings. The summed E-state index contributed by atoms with van der Waals surface area (Å²) in [7, 11) is 0. The summed E-state index contributed by atoms with van der Waals surface area (Å²) < 4.78 is 0. The van der Waals surface area contributed by atoms with E-state index in [0.717, 1.165) is 12.8 Å². The molecule has 0 aromatic heterocycles. The molecule has 86 valence electrons. The van der Waals surface area contributed by atoms with Crippen molar-refractivity contribution < 1.29 is 19.8 Å². The molecule has 15 heavy (non-hydrogen) atoms. The fourth-order valence-electron chi connectivity index (χ4n) is 1.39. The molecule has 0 atom stereocenters. The van der Waals surface area contributed by atoms with Crippen LogP contribution in [0.2, 0.25) is 0 Å². The molecule has 0 aromatic carbocycles. The van der Waals surface area contributed by atoms with Crippen molar-refractivity contribution >= 4 is 11.9 Å². The topological polar surface area (TPSA) is 77.8 Å². The number of hydrogen-bond acceptors (Lipinski definition) is 3. The number of carboxylic acids is 1. The van der Waals surface area contributed by atoms with Gasteiger partial charge in [-0.05, 0) is 26.7 Å². The van der Waals surface area contributed by atoms with Crippen LogP contribution in [0.25, 0.3) is 0 Å². The van der Waals surface area contributed by atoms with Gasteiger partial charge in [-0.1, -0.05) is 0 Å². The van der Waals surface area contributed by atoms with Gasteiger partial charge in [-0.3, -0.25) is 9.59 Å². The maximum absolute atomic E-state index is 11.9. The Labute approximate surface area is 88.7 Å². The molecular formula is C10H17NO4. The molecule has 1 rings (SSSR count). The average molecular weight is 215 g/mol. The van der Waals surface area contributed by atoms with Crippen LogP contribution >= 0.6 is 0 Å². The number of nitrogens with zero attached hydrogens (tertiary/aromatic N) is 1. The van der Waals surface area contributed by atoms with E-state index in [2.05, 4.69) is 0 Å². The molecule has 0 heterocycles. The monoisotopic (exact) mass is 215 g/mol. The second-order valence-electron chi connectivity index (χ2n) is 4.38. The van der Waals surface area contributed by atoms with Crippen LogP contribution in [0, 0.1) is 5.41 Å². The number of carboxylic acid groups (broad SMARTS) is 1. The summed E-state index contributed by atoms with van der Waals surface area (Å²) in [6, 6.07) is 0.128. The highest BCUT2D eigenvalue weighted by Crippen LogP contribution is 2.30. The minimum Gasteiger partial charge on any atom is -0.480 e. The quantitative estimate of drug-likeness (QED) is 0.637. The average Bonchev–Trinajstić information content (AvgIpc) is 2.96. The normalized spacial score (nSPS) is 16.2. The molecule has 2 N–H and O–H groups in total. The second kappa shape index (κ2) is 4.18. The summed E-state index contributed by atoms with van der Waals surface area (Å²) >= 11 is 0. The van der Waals surface area contributed by atoms with E-state index < -0.39 is 17.3 Å². The minimum absolute atomic E-state index is 0.127. The number of aliphatic carboxylic acids is 1. The van der Waals surface area contributed by atoms with E-state index in [1.165, 1.54) is 18.7 Å². The molecule has 1 amide bonds. The summed E-state index contributed by atoms with van der Waals surface area (Å²) in [5.74, 6) is -1.54. The number of amides is 1. The van der Waals surface area contributed by atoms with Gasteiger partial charge in [0.25, 0.3) is 0 Å². The van der Waals surface area contributed by atoms with Gasteiger partial charge in [0, 0.05) is 12.6 Å². The lowest BCUT2D eigenvalue weighted by Gasteiger charge is -2.28. The van der Waals surface area contributed by atoms with Crippen LogP contribution in [-0.2, 0) is 9.59 Å². The first-order chi connectivity index (χ1) is 6.91. The van der Waals surface area contributed by atoms with E-state index in [9.17, 15) is 9.59 Å². The molecular weight excluding hydrogens is 198 g/mol. The standard InChI is InChI=1S/C10H17NO4/c1-10(2,9(14)15)8(13)11(5-6-12)7-3-4-7/h7,12H,3-6H2,1-2H3,(H,14,15). The van der Waals surface area contributed by atoms with Crippen LogP contribution in [0.5, 0.6) is 0 Å². The van der Waals surface area contributed by atoms with Gasteiger partial charge in [0.05, 0.1) is 6.61 Å². The maximum Gasteiger partial charge on any atom is 0.318 e. The Morgan fingerprint density at radius 1 is 1.40 bits per heavy atom. The molecule has 0 saturated heterocycles. The Morgan fingerprint density at radius 3 is 2.27 bits per heavy atom. The fraction of sp³-hybridized carbons (Fsp3) is 0.800. The summed E-state index contributed by atoms with van der Waals surface area (Å²) in [6.07, 6.45) is 1.81. The first-order valence-electron chi connectivity index (χ1n) is 5.06. The molecule has 0 spiro atoms. The van der Waals surface area contributed by atoms with E-state index >= 15 is 0 Å². The van der Waals surface area contributed by atoms with E-state index in [1.807, 2.05) is 0 Å². The van der Waals surface area contributed by atoms with E-state index in [-0.39, 0.29) is 19.2 Å². The van der Waals surface area contributed by atoms with Crippen molar-refractivity contribution in [2.24, 2.45) is 5.41 Å². The third kappa shape index (κ3) is 2.47. The van der Waals surface area contributed by atoms with Gasteiger partial charge >= 0.3 is 5.97 Å². The van der Waals surface area contributed by atoms with Crippen LogP contribution in [0.3, 0.4) is 0 Å². The highest BCUT2D eigenvalue weighted by Gasteiger charge is 2.43. The lowest BCUT2D eigenvalue weighted by atomic mass is 9.91. The lowest BCUT2D eigenvalue weighted by molar-refractivity contribution is -0.158. The summed E-state index contributed by atoms with van der Waals surface area (Å²) in [4.78, 5) is 24.3. The van der Waals surface area contributed by atoms with Crippen LogP contribution in [0.15, 0.2) is 0 Å². The predicted molar refractivity (Wildman–Crippen MR) is 53.2 cm³/mol. The molecule has 0 bridgehead atoms. The van der Waals surface area contributed by atoms with E-state index in [1.54, 1.807) is 0 Å². The minimum atomic E-state index is -1.41. The summed E-state index contributed by atoms with van der Waals surface area (Å²) in [5, 5.41) is 17.7. The van der Waals surface area contributed by atoms with Crippen molar-refractivity contribution in [1.29, 1.82) is 0 Å². The van der Waals surface area contributed by atoms with Gasteiger partial charge in [0.2, 0.25) is 5.91 Å². The molecule has 5 heteroatoms. The van der Waals surface area contributed by atoms with Crippen molar-refractivity contribution in [3.63, 3.8) is 0 Å². The smallest absolute Gasteiger partial charge is 0.318 e. The molecule has 1 saturated carbocycles. The number of rotatable bonds is 5. The number of hydrogen-bond donors (Lipinski definition) is 2. The predicted octanol–water partition coefficient (Wildman–Crippen LogP) is 0.0805. The van der Waals surface area contributed by atoms with E-state index in [0.29, 0.717) is 0 Å². The largest absolute Gasteiger partial charge is 0.480 e. The number of aliphatic hydroxyl groups is 1. The van der Waals surface area contributed by atoms with Crippen molar-refractivity contribution in [3.05, 3.63) is 0 Å². The van der Waals surface area contributed by atoms with Crippen LogP contribution in [0.1, 0.15) is 26.7 Å². The highest BCUT2D eigenvalue weighted by atomic mass is 16.4. The van der Waals surface area contributed by atoms with Crippen molar-refractivity contribution in [1.82, 2.24) is 4.90 Å². The lowest BCUT2D eigenvalue weighted by Crippen LogP contribution is -2.47. The number of carbonyl (C=O) groups excluding carboxylic acids is 1. The van der Waals surface area contributed by atoms with Crippen molar-refractivity contribution in [2.45, 2.75) is 32.7 Å². The van der Waals surface area contributed by atoms with E-state index in [4.69, 9.17) is 10.2 Å². The highest BCUT2D eigenvalue weighted by molar-refractivity contribution is 6.01. The summed E-state index contributed by atoms with van der Waals surface area (Å²) in [5.41, 5.74) is -1.41. The zero-order valence-corrected chi connectivity index (χ0v) is 9.06. The Balaban J connectivity index is 2.74. The van der Waals surface area contributed by atoms with Crippen LogP contribution < -0.4 is 0 Å². The zero-order valence-electron chi connectivity index (χ0n) is 9.06.